The molecule has 114 valence electrons. The fourth-order valence-corrected chi connectivity index (χ4v) is 3.34. The largest absolute Gasteiger partial charge is 0.497 e. The van der Waals surface area contributed by atoms with Crippen molar-refractivity contribution in [3.05, 3.63) is 42.0 Å². The summed E-state index contributed by atoms with van der Waals surface area (Å²) in [7, 11) is 1.70. The first-order valence-electron chi connectivity index (χ1n) is 7.61. The Hall–Kier alpha value is -1.25. The zero-order valence-electron chi connectivity index (χ0n) is 12.5. The van der Waals surface area contributed by atoms with Gasteiger partial charge in [-0.1, -0.05) is 37.5 Å². The molecule has 2 aromatic rings. The first kappa shape index (κ1) is 16.1. The van der Waals surface area contributed by atoms with Crippen LogP contribution in [0.4, 0.5) is 0 Å². The second-order valence-electron chi connectivity index (χ2n) is 5.90. The number of halogens is 1. The van der Waals surface area contributed by atoms with Crippen LogP contribution in [0.5, 0.6) is 5.75 Å². The van der Waals surface area contributed by atoms with E-state index in [1.54, 1.807) is 7.11 Å². The van der Waals surface area contributed by atoms with Crippen molar-refractivity contribution >= 4 is 23.2 Å². The lowest BCUT2D eigenvalue weighted by atomic mass is 9.81. The van der Waals surface area contributed by atoms with E-state index in [9.17, 15) is 0 Å². The van der Waals surface area contributed by atoms with E-state index < -0.39 is 0 Å². The van der Waals surface area contributed by atoms with Gasteiger partial charge in [0.2, 0.25) is 0 Å². The lowest BCUT2D eigenvalue weighted by Gasteiger charge is -2.28. The Kier molecular flexibility index (Phi) is 5.49. The van der Waals surface area contributed by atoms with E-state index >= 15 is 0 Å². The van der Waals surface area contributed by atoms with Crippen molar-refractivity contribution in [3.63, 3.8) is 0 Å². The molecule has 2 aromatic carbocycles. The Morgan fingerprint density at radius 2 is 1.67 bits per heavy atom. The van der Waals surface area contributed by atoms with Crippen LogP contribution >= 0.6 is 12.4 Å². The summed E-state index contributed by atoms with van der Waals surface area (Å²) in [5.41, 5.74) is 7.76. The minimum absolute atomic E-state index is 0. The second-order valence-corrected chi connectivity index (χ2v) is 5.90. The molecule has 1 atom stereocenters. The highest BCUT2D eigenvalue weighted by Gasteiger charge is 2.21. The average Bonchev–Trinajstić information content (AvgIpc) is 2.54. The molecule has 2 nitrogen and oxygen atoms in total. The van der Waals surface area contributed by atoms with E-state index in [2.05, 4.69) is 30.3 Å². The number of fused-ring (bicyclic) bond motifs is 1. The third-order valence-corrected chi connectivity index (χ3v) is 4.61. The number of hydrogen-bond donors (Lipinski definition) is 1. The van der Waals surface area contributed by atoms with Crippen molar-refractivity contribution in [2.45, 2.75) is 38.1 Å². The Morgan fingerprint density at radius 1 is 1.00 bits per heavy atom. The van der Waals surface area contributed by atoms with Crippen LogP contribution in [-0.2, 0) is 0 Å². The van der Waals surface area contributed by atoms with E-state index in [4.69, 9.17) is 10.5 Å². The van der Waals surface area contributed by atoms with Crippen molar-refractivity contribution in [1.29, 1.82) is 0 Å². The first-order valence-corrected chi connectivity index (χ1v) is 7.61. The van der Waals surface area contributed by atoms with Crippen LogP contribution in [0.1, 0.15) is 43.7 Å². The first-order chi connectivity index (χ1) is 9.78. The zero-order valence-corrected chi connectivity index (χ0v) is 13.4. The van der Waals surface area contributed by atoms with Crippen LogP contribution < -0.4 is 10.5 Å². The molecule has 0 saturated heterocycles. The Morgan fingerprint density at radius 3 is 2.38 bits per heavy atom. The lowest BCUT2D eigenvalue weighted by molar-refractivity contribution is 0.308. The van der Waals surface area contributed by atoms with Crippen LogP contribution in [0, 0.1) is 5.92 Å². The molecule has 1 aliphatic carbocycles. The van der Waals surface area contributed by atoms with Gasteiger partial charge in [0.1, 0.15) is 5.75 Å². The Labute approximate surface area is 133 Å². The number of ether oxygens (including phenoxy) is 1. The molecule has 0 aromatic heterocycles. The molecule has 0 unspecified atom stereocenters. The molecule has 21 heavy (non-hydrogen) atoms. The lowest BCUT2D eigenvalue weighted by Crippen LogP contribution is -2.23. The molecule has 0 heterocycles. The van der Waals surface area contributed by atoms with Crippen LogP contribution in [0.2, 0.25) is 0 Å². The summed E-state index contributed by atoms with van der Waals surface area (Å²) in [6, 6.07) is 13.0. The number of nitrogens with two attached hydrogens (primary N) is 1. The van der Waals surface area contributed by atoms with Gasteiger partial charge in [-0.3, -0.25) is 0 Å². The van der Waals surface area contributed by atoms with Crippen LogP contribution in [0.3, 0.4) is 0 Å². The summed E-state index contributed by atoms with van der Waals surface area (Å²) < 4.78 is 5.27. The van der Waals surface area contributed by atoms with E-state index in [0.29, 0.717) is 5.92 Å². The van der Waals surface area contributed by atoms with Gasteiger partial charge in [-0.25, -0.2) is 0 Å². The highest BCUT2D eigenvalue weighted by molar-refractivity contribution is 5.85. The summed E-state index contributed by atoms with van der Waals surface area (Å²) in [6.45, 7) is 0. The van der Waals surface area contributed by atoms with Crippen molar-refractivity contribution in [2.75, 3.05) is 7.11 Å². The van der Waals surface area contributed by atoms with Crippen molar-refractivity contribution < 1.29 is 4.74 Å². The highest BCUT2D eigenvalue weighted by atomic mass is 35.5. The van der Waals surface area contributed by atoms with Gasteiger partial charge in [-0.05, 0) is 53.3 Å². The fourth-order valence-electron chi connectivity index (χ4n) is 3.34. The third-order valence-electron chi connectivity index (χ3n) is 4.61. The molecule has 3 rings (SSSR count). The molecule has 0 bridgehead atoms. The second kappa shape index (κ2) is 7.15. The average molecular weight is 306 g/mol. The molecule has 0 radical (unpaired) electrons. The monoisotopic (exact) mass is 305 g/mol. The predicted octanol–water partition coefficient (Wildman–Crippen LogP) is 4.85. The normalized spacial score (nSPS) is 17.2. The highest BCUT2D eigenvalue weighted by Crippen LogP contribution is 2.34. The zero-order chi connectivity index (χ0) is 13.9. The standard InChI is InChI=1S/C18H23NO.ClH/c1-20-17-10-9-14-11-16(8-7-15(14)12-17)18(19)13-5-3-2-4-6-13;/h7-13,18H,2-6,19H2,1H3;1H/t18-;/m0./s1. The van der Waals surface area contributed by atoms with Crippen LogP contribution in [-0.4, -0.2) is 7.11 Å². The third kappa shape index (κ3) is 3.50. The summed E-state index contributed by atoms with van der Waals surface area (Å²) in [6.07, 6.45) is 6.61. The van der Waals surface area contributed by atoms with Gasteiger partial charge in [0, 0.05) is 6.04 Å². The smallest absolute Gasteiger partial charge is 0.119 e. The number of benzene rings is 2. The maximum absolute atomic E-state index is 6.49. The quantitative estimate of drug-likeness (QED) is 0.879. The molecule has 0 aliphatic heterocycles. The molecule has 2 N–H and O–H groups in total. The van der Waals surface area contributed by atoms with Gasteiger partial charge in [-0.2, -0.15) is 0 Å². The number of hydrogen-bond acceptors (Lipinski definition) is 2. The minimum atomic E-state index is 0. The minimum Gasteiger partial charge on any atom is -0.497 e. The van der Waals surface area contributed by atoms with Crippen molar-refractivity contribution in [3.8, 4) is 5.75 Å². The van der Waals surface area contributed by atoms with Gasteiger partial charge in [0.15, 0.2) is 0 Å². The van der Waals surface area contributed by atoms with Crippen LogP contribution in [0.25, 0.3) is 10.8 Å². The van der Waals surface area contributed by atoms with E-state index in [0.717, 1.165) is 5.75 Å². The summed E-state index contributed by atoms with van der Waals surface area (Å²) in [5, 5.41) is 2.46. The van der Waals surface area contributed by atoms with Gasteiger partial charge in [-0.15, -0.1) is 12.4 Å². The predicted molar refractivity (Wildman–Crippen MR) is 91.3 cm³/mol. The maximum atomic E-state index is 6.49. The van der Waals surface area contributed by atoms with Crippen molar-refractivity contribution in [1.82, 2.24) is 0 Å². The van der Waals surface area contributed by atoms with E-state index in [1.807, 2.05) is 6.07 Å². The number of methoxy groups -OCH3 is 1. The molecule has 0 spiro atoms. The van der Waals surface area contributed by atoms with Gasteiger partial charge in [0.25, 0.3) is 0 Å². The van der Waals surface area contributed by atoms with E-state index in [1.165, 1.54) is 48.4 Å². The molecule has 1 fully saturated rings. The summed E-state index contributed by atoms with van der Waals surface area (Å²) >= 11 is 0. The van der Waals surface area contributed by atoms with Gasteiger partial charge < -0.3 is 10.5 Å². The maximum Gasteiger partial charge on any atom is 0.119 e. The molecular formula is C18H24ClNO. The Balaban J connectivity index is 0.00000161. The Bertz CT molecular complexity index is 593. The SMILES string of the molecule is COc1ccc2cc([C@@H](N)C3CCCCC3)ccc2c1.Cl. The molecular weight excluding hydrogens is 282 g/mol. The molecule has 1 aliphatic rings. The summed E-state index contributed by atoms with van der Waals surface area (Å²) in [4.78, 5) is 0. The molecule has 0 amide bonds. The van der Waals surface area contributed by atoms with Crippen molar-refractivity contribution in [2.24, 2.45) is 11.7 Å². The molecule has 3 heteroatoms. The van der Waals surface area contributed by atoms with Gasteiger partial charge >= 0.3 is 0 Å². The fraction of sp³-hybridized carbons (Fsp3) is 0.444. The molecule has 1 saturated carbocycles. The summed E-state index contributed by atoms with van der Waals surface area (Å²) in [5.74, 6) is 1.56. The van der Waals surface area contributed by atoms with Gasteiger partial charge in [0.05, 0.1) is 7.11 Å². The van der Waals surface area contributed by atoms with Crippen LogP contribution in [0.15, 0.2) is 36.4 Å². The van der Waals surface area contributed by atoms with E-state index in [-0.39, 0.29) is 18.4 Å². The number of rotatable bonds is 3. The topological polar surface area (TPSA) is 35.2 Å².